The van der Waals surface area contributed by atoms with Gasteiger partial charge in [0.15, 0.2) is 23.4 Å². The first-order valence-electron chi connectivity index (χ1n) is 26.4. The van der Waals surface area contributed by atoms with Gasteiger partial charge in [-0.15, -0.1) is 0 Å². The first-order valence-corrected chi connectivity index (χ1v) is 26.4. The maximum absolute atomic E-state index is 13.0. The highest BCUT2D eigenvalue weighted by Gasteiger charge is 3.03. The van der Waals surface area contributed by atoms with Crippen molar-refractivity contribution in [2.24, 2.45) is 80.8 Å². The fraction of sp³-hybridized carbons (Fsp3) is 0.889. The van der Waals surface area contributed by atoms with Gasteiger partial charge in [-0.2, -0.15) is 0 Å². The molecule has 2 bridgehead atoms. The number of aliphatic hydroxyl groups is 4. The maximum atomic E-state index is 13.0. The lowest BCUT2D eigenvalue weighted by atomic mass is 9.44. The van der Waals surface area contributed by atoms with Crippen LogP contribution in [0.25, 0.3) is 0 Å². The van der Waals surface area contributed by atoms with Crippen LogP contribution in [-0.4, -0.2) is 95.5 Å². The van der Waals surface area contributed by atoms with E-state index in [4.69, 9.17) is 18.9 Å². The van der Waals surface area contributed by atoms with Crippen molar-refractivity contribution in [1.82, 2.24) is 9.80 Å². The smallest absolute Gasteiger partial charge is 0.203 e. The minimum absolute atomic E-state index is 0.160. The number of fused-ring (bicyclic) bond motifs is 11. The summed E-state index contributed by atoms with van der Waals surface area (Å²) in [5, 5.41) is 47.9. The number of ether oxygens (including phenoxy) is 4. The van der Waals surface area contributed by atoms with Crippen LogP contribution in [-0.2, 0) is 18.9 Å². The molecule has 4 N–H and O–H groups in total. The minimum Gasteiger partial charge on any atom is -0.392 e. The van der Waals surface area contributed by atoms with Crippen molar-refractivity contribution in [1.29, 1.82) is 0 Å². The fourth-order valence-electron chi connectivity index (χ4n) is 21.6. The van der Waals surface area contributed by atoms with Crippen LogP contribution in [0.4, 0.5) is 0 Å². The van der Waals surface area contributed by atoms with Gasteiger partial charge in [0.1, 0.15) is 17.8 Å². The van der Waals surface area contributed by atoms with Gasteiger partial charge in [-0.3, -0.25) is 0 Å². The predicted octanol–water partition coefficient (Wildman–Crippen LogP) is 7.71. The molecule has 16 aliphatic rings. The van der Waals surface area contributed by atoms with Crippen molar-refractivity contribution in [2.45, 2.75) is 210 Å². The zero-order chi connectivity index (χ0) is 44.1. The average Bonchev–Trinajstić information content (AvgIpc) is 3.52. The summed E-state index contributed by atoms with van der Waals surface area (Å²) in [5.41, 5.74) is 5.03. The topological polar surface area (TPSA) is 124 Å². The number of nitrogens with zero attached hydrogens (tertiary/aromatic N) is 2. The average molecular weight is 881 g/mol. The van der Waals surface area contributed by atoms with E-state index in [0.29, 0.717) is 54.5 Å². The lowest BCUT2D eigenvalue weighted by Crippen LogP contribution is -2.64. The molecule has 11 fully saturated rings. The summed E-state index contributed by atoms with van der Waals surface area (Å²) in [6.45, 7) is 18.9. The maximum Gasteiger partial charge on any atom is 0.203 e. The SMILES string of the molecule is C[C@@H]1[C@@]2(OC(O)[C@@H](C)C[C@H]2O)O[C@H]2C=C3[C@@H]4CC[C@H]5CC67N8C9=C(C[C@@]%10(C)[C@@H](CC[C@H]%11C%12=CC[C@@H]%13[C@H](C)[C@]%14(CCC(C)(C)O%14)OC[C@]%12%13[C@H](O)C[C@@H]%11%10)C9)N6C87C[C@]5(C)[C@H]4CC[C@]3(C)[C@]21O. The Kier molecular flexibility index (Phi) is 7.20. The Balaban J connectivity index is 0.690. The summed E-state index contributed by atoms with van der Waals surface area (Å²) < 4.78 is 26.6. The van der Waals surface area contributed by atoms with E-state index < -0.39 is 47.0 Å². The number of allylic oxidation sites excluding steroid dienone is 3. The minimum atomic E-state index is -1.41. The van der Waals surface area contributed by atoms with Crippen molar-refractivity contribution < 1.29 is 39.4 Å². The zero-order valence-electron chi connectivity index (χ0n) is 39.9. The zero-order valence-corrected chi connectivity index (χ0v) is 39.9. The number of aliphatic hydroxyl groups excluding tert-OH is 3. The third-order valence-corrected chi connectivity index (χ3v) is 24.9. The Morgan fingerprint density at radius 1 is 0.734 bits per heavy atom. The second-order valence-electron chi connectivity index (χ2n) is 27.0. The molecule has 16 rings (SSSR count). The molecule has 350 valence electrons. The van der Waals surface area contributed by atoms with Gasteiger partial charge >= 0.3 is 0 Å². The molecule has 10 heteroatoms. The molecule has 10 nitrogen and oxygen atoms in total. The fourth-order valence-corrected chi connectivity index (χ4v) is 21.6. The molecule has 0 aromatic heterocycles. The highest BCUT2D eigenvalue weighted by molar-refractivity contribution is 5.61. The molecule has 5 spiro atoms. The second-order valence-corrected chi connectivity index (χ2v) is 27.0. The van der Waals surface area contributed by atoms with Crippen LogP contribution in [0.5, 0.6) is 0 Å². The van der Waals surface area contributed by atoms with E-state index in [9.17, 15) is 20.4 Å². The Morgan fingerprint density at radius 3 is 2.25 bits per heavy atom. The van der Waals surface area contributed by atoms with E-state index in [-0.39, 0.29) is 51.1 Å². The summed E-state index contributed by atoms with van der Waals surface area (Å²) in [4.78, 5) is 5.96. The van der Waals surface area contributed by atoms with E-state index >= 15 is 0 Å². The van der Waals surface area contributed by atoms with Gasteiger partial charge in [0.05, 0.1) is 18.3 Å². The van der Waals surface area contributed by atoms with Crippen LogP contribution in [0.1, 0.15) is 152 Å². The van der Waals surface area contributed by atoms with Crippen LogP contribution < -0.4 is 0 Å². The van der Waals surface area contributed by atoms with Gasteiger partial charge in [0.25, 0.3) is 0 Å². The lowest BCUT2D eigenvalue weighted by Gasteiger charge is -2.63. The van der Waals surface area contributed by atoms with Gasteiger partial charge in [-0.25, -0.2) is 0 Å². The van der Waals surface area contributed by atoms with Gasteiger partial charge < -0.3 is 49.2 Å². The van der Waals surface area contributed by atoms with Crippen molar-refractivity contribution in [3.8, 4) is 0 Å². The Labute approximate surface area is 380 Å². The molecule has 8 aliphatic carbocycles. The van der Waals surface area contributed by atoms with E-state index in [1.54, 1.807) is 17.0 Å². The molecule has 23 atom stereocenters. The molecule has 0 radical (unpaired) electrons. The van der Waals surface area contributed by atoms with Crippen molar-refractivity contribution >= 4 is 0 Å². The molecule has 8 heterocycles. The summed E-state index contributed by atoms with van der Waals surface area (Å²) in [7, 11) is 0. The van der Waals surface area contributed by atoms with E-state index in [1.165, 1.54) is 50.5 Å². The number of rotatable bonds is 0. The monoisotopic (exact) mass is 881 g/mol. The normalized spacial score (nSPS) is 64.1. The number of hydrogen-bond donors (Lipinski definition) is 4. The molecule has 0 amide bonds. The Morgan fingerprint density at radius 2 is 1.48 bits per heavy atom. The predicted molar refractivity (Wildman–Crippen MR) is 236 cm³/mol. The summed E-state index contributed by atoms with van der Waals surface area (Å²) >= 11 is 0. The van der Waals surface area contributed by atoms with Crippen LogP contribution in [0.2, 0.25) is 0 Å². The van der Waals surface area contributed by atoms with Crippen LogP contribution >= 0.6 is 0 Å². The number of hydrogen-bond acceptors (Lipinski definition) is 10. The first kappa shape index (κ1) is 40.4. The van der Waals surface area contributed by atoms with Crippen LogP contribution in [0.15, 0.2) is 34.7 Å². The quantitative estimate of drug-likeness (QED) is 0.142. The standard InChI is InChI=1S/C54H76N2O8/c1-27-19-42(58)54(63-44(27)59)29(3)53(60)43(62-54)22-38-32-12-10-31-23-51-52(25-47(31,7)35(32)15-16-48(38,53)8)55(51)39-20-30-9-11-33-36-14-13-34-28(2)50(18-17-45(4,5)64-50)61-26-49(34,36)41(57)21-37(33)46(30,6)24-40(39)56(51)52/h14,22,27-35,37,41-44,57-60H,9-13,15-21,23-26H2,1-8H3/t27-,28-,29-,30-,31-,32+,33-,34+,35-,37-,41+,42+,43-,44?,46-,47-,48-,49+,50+,51?,52?,53+,54-,55?,56?/m0/s1. The molecular formula is C54H76N2O8. The molecule has 8 aliphatic heterocycles. The van der Waals surface area contributed by atoms with E-state index in [1.807, 2.05) is 13.8 Å². The molecule has 0 aromatic carbocycles. The van der Waals surface area contributed by atoms with Crippen LogP contribution in [0, 0.1) is 80.8 Å². The first-order chi connectivity index (χ1) is 30.2. The second kappa shape index (κ2) is 11.4. The van der Waals surface area contributed by atoms with Gasteiger partial charge in [-0.1, -0.05) is 64.8 Å². The summed E-state index contributed by atoms with van der Waals surface area (Å²) in [6.07, 6.45) is 18.1. The van der Waals surface area contributed by atoms with Crippen molar-refractivity contribution in [3.63, 3.8) is 0 Å². The lowest BCUT2D eigenvalue weighted by molar-refractivity contribution is -0.370. The van der Waals surface area contributed by atoms with Crippen molar-refractivity contribution in [2.75, 3.05) is 6.61 Å². The highest BCUT2D eigenvalue weighted by atomic mass is 16.8. The molecule has 5 saturated carbocycles. The summed E-state index contributed by atoms with van der Waals surface area (Å²) in [6, 6.07) is 0. The summed E-state index contributed by atoms with van der Waals surface area (Å²) in [5.74, 6) is 1.39. The molecule has 0 aromatic rings. The van der Waals surface area contributed by atoms with Gasteiger partial charge in [-0.05, 0) is 156 Å². The van der Waals surface area contributed by atoms with E-state index in [0.717, 1.165) is 44.9 Å². The molecule has 64 heavy (non-hydrogen) atoms. The Bertz CT molecular complexity index is 2280. The molecule has 6 saturated heterocycles. The third-order valence-electron chi connectivity index (χ3n) is 24.9. The largest absolute Gasteiger partial charge is 0.392 e. The van der Waals surface area contributed by atoms with Crippen LogP contribution in [0.3, 0.4) is 0 Å². The van der Waals surface area contributed by atoms with Gasteiger partial charge in [0, 0.05) is 46.4 Å². The highest BCUT2D eigenvalue weighted by Crippen LogP contribution is 2.91. The van der Waals surface area contributed by atoms with Gasteiger partial charge in [0.2, 0.25) is 5.79 Å². The van der Waals surface area contributed by atoms with Crippen molar-refractivity contribution in [3.05, 3.63) is 34.7 Å². The molecule has 3 unspecified atom stereocenters. The van der Waals surface area contributed by atoms with E-state index in [2.05, 4.69) is 63.5 Å². The Hall–Kier alpha value is -1.50. The third kappa shape index (κ3) is 3.93. The molecular weight excluding hydrogens is 805 g/mol.